The standard InChI is InChI=1S/C12H13ClF3NO/c13-9-1-2-11-8(5-9)6-10(18-11)7-17-4-3-12(14,15)16/h1-2,5,10,17H,3-4,6-7H2. The maximum atomic E-state index is 11.9. The zero-order chi connectivity index (χ0) is 13.2. The molecule has 1 unspecified atom stereocenters. The van der Waals surface area contributed by atoms with Crippen LogP contribution in [0, 0.1) is 0 Å². The van der Waals surface area contributed by atoms with Crippen molar-refractivity contribution in [3.63, 3.8) is 0 Å². The van der Waals surface area contributed by atoms with Crippen molar-refractivity contribution in [2.45, 2.75) is 25.1 Å². The van der Waals surface area contributed by atoms with Gasteiger partial charge in [-0.1, -0.05) is 11.6 Å². The number of fused-ring (bicyclic) bond motifs is 1. The predicted octanol–water partition coefficient (Wildman–Crippen LogP) is 3.19. The van der Waals surface area contributed by atoms with Gasteiger partial charge in [-0.25, -0.2) is 0 Å². The van der Waals surface area contributed by atoms with Crippen LogP contribution in [0.1, 0.15) is 12.0 Å². The molecule has 0 spiro atoms. The highest BCUT2D eigenvalue weighted by molar-refractivity contribution is 6.30. The molecule has 1 aliphatic heterocycles. The van der Waals surface area contributed by atoms with Crippen molar-refractivity contribution in [3.8, 4) is 5.75 Å². The number of alkyl halides is 3. The molecule has 0 radical (unpaired) electrons. The van der Waals surface area contributed by atoms with E-state index in [2.05, 4.69) is 5.32 Å². The second-order valence-corrected chi connectivity index (χ2v) is 4.70. The van der Waals surface area contributed by atoms with E-state index in [9.17, 15) is 13.2 Å². The number of hydrogen-bond donors (Lipinski definition) is 1. The quantitative estimate of drug-likeness (QED) is 0.855. The molecule has 6 heteroatoms. The molecule has 0 saturated carbocycles. The summed E-state index contributed by atoms with van der Waals surface area (Å²) in [6.45, 7) is 0.322. The van der Waals surface area contributed by atoms with Gasteiger partial charge < -0.3 is 10.1 Å². The van der Waals surface area contributed by atoms with E-state index >= 15 is 0 Å². The lowest BCUT2D eigenvalue weighted by molar-refractivity contribution is -0.133. The SMILES string of the molecule is FC(F)(F)CCNCC1Cc2cc(Cl)ccc2O1. The highest BCUT2D eigenvalue weighted by Crippen LogP contribution is 2.30. The molecule has 2 nitrogen and oxygen atoms in total. The van der Waals surface area contributed by atoms with Crippen molar-refractivity contribution in [1.82, 2.24) is 5.32 Å². The average Bonchev–Trinajstić information content (AvgIpc) is 2.65. The summed E-state index contributed by atoms with van der Waals surface area (Å²) in [5.41, 5.74) is 1.00. The van der Waals surface area contributed by atoms with Crippen molar-refractivity contribution >= 4 is 11.6 Å². The van der Waals surface area contributed by atoms with Crippen molar-refractivity contribution in [2.75, 3.05) is 13.1 Å². The molecule has 1 atom stereocenters. The minimum Gasteiger partial charge on any atom is -0.488 e. The minimum atomic E-state index is -4.11. The van der Waals surface area contributed by atoms with E-state index in [1.54, 1.807) is 12.1 Å². The Hall–Kier alpha value is -0.940. The van der Waals surface area contributed by atoms with Gasteiger partial charge in [0.15, 0.2) is 0 Å². The van der Waals surface area contributed by atoms with Gasteiger partial charge in [0.25, 0.3) is 0 Å². The Kier molecular flexibility index (Phi) is 4.02. The predicted molar refractivity (Wildman–Crippen MR) is 63.1 cm³/mol. The van der Waals surface area contributed by atoms with E-state index in [0.717, 1.165) is 11.3 Å². The van der Waals surface area contributed by atoms with Crippen LogP contribution in [0.3, 0.4) is 0 Å². The molecule has 1 N–H and O–H groups in total. The Balaban J connectivity index is 1.75. The van der Waals surface area contributed by atoms with Gasteiger partial charge in [-0.15, -0.1) is 0 Å². The third-order valence-corrected chi connectivity index (χ3v) is 2.96. The van der Waals surface area contributed by atoms with Gasteiger partial charge in [-0.3, -0.25) is 0 Å². The fourth-order valence-corrected chi connectivity index (χ4v) is 2.09. The maximum Gasteiger partial charge on any atom is 0.390 e. The number of halogens is 4. The summed E-state index contributed by atoms with van der Waals surface area (Å²) in [5, 5.41) is 3.40. The van der Waals surface area contributed by atoms with Crippen LogP contribution in [-0.2, 0) is 6.42 Å². The molecule has 18 heavy (non-hydrogen) atoms. The number of rotatable bonds is 4. The highest BCUT2D eigenvalue weighted by Gasteiger charge is 2.27. The summed E-state index contributed by atoms with van der Waals surface area (Å²) in [4.78, 5) is 0. The average molecular weight is 280 g/mol. The van der Waals surface area contributed by atoms with Crippen LogP contribution in [0.15, 0.2) is 18.2 Å². The third kappa shape index (κ3) is 3.78. The zero-order valence-electron chi connectivity index (χ0n) is 9.56. The van der Waals surface area contributed by atoms with E-state index < -0.39 is 12.6 Å². The topological polar surface area (TPSA) is 21.3 Å². The lowest BCUT2D eigenvalue weighted by Gasteiger charge is -2.12. The molecule has 0 aromatic heterocycles. The molecule has 0 aliphatic carbocycles. The van der Waals surface area contributed by atoms with E-state index in [4.69, 9.17) is 16.3 Å². The third-order valence-electron chi connectivity index (χ3n) is 2.72. The lowest BCUT2D eigenvalue weighted by atomic mass is 10.1. The molecule has 1 aliphatic rings. The highest BCUT2D eigenvalue weighted by atomic mass is 35.5. The summed E-state index contributed by atoms with van der Waals surface area (Å²) in [6.07, 6.45) is -4.38. The largest absolute Gasteiger partial charge is 0.488 e. The van der Waals surface area contributed by atoms with Crippen LogP contribution >= 0.6 is 11.6 Å². The van der Waals surface area contributed by atoms with Gasteiger partial charge in [0.1, 0.15) is 11.9 Å². The first-order valence-electron chi connectivity index (χ1n) is 5.66. The van der Waals surface area contributed by atoms with Gasteiger partial charge in [0, 0.05) is 24.5 Å². The van der Waals surface area contributed by atoms with E-state index in [0.29, 0.717) is 18.0 Å². The summed E-state index contributed by atoms with van der Waals surface area (Å²) in [7, 11) is 0. The minimum absolute atomic E-state index is 0.0829. The number of benzene rings is 1. The van der Waals surface area contributed by atoms with Gasteiger partial charge in [-0.05, 0) is 23.8 Å². The van der Waals surface area contributed by atoms with Crippen molar-refractivity contribution in [3.05, 3.63) is 28.8 Å². The Morgan fingerprint density at radius 2 is 2.17 bits per heavy atom. The van der Waals surface area contributed by atoms with Crippen LogP contribution in [0.5, 0.6) is 5.75 Å². The molecular formula is C12H13ClF3NO. The van der Waals surface area contributed by atoms with Crippen molar-refractivity contribution in [2.24, 2.45) is 0 Å². The van der Waals surface area contributed by atoms with Crippen LogP contribution in [0.25, 0.3) is 0 Å². The zero-order valence-corrected chi connectivity index (χ0v) is 10.3. The van der Waals surface area contributed by atoms with E-state index in [1.807, 2.05) is 6.07 Å². The van der Waals surface area contributed by atoms with Gasteiger partial charge >= 0.3 is 6.18 Å². The van der Waals surface area contributed by atoms with Gasteiger partial charge in [0.05, 0.1) is 6.42 Å². The Labute approximate surface area is 108 Å². The van der Waals surface area contributed by atoms with Crippen molar-refractivity contribution < 1.29 is 17.9 Å². The Morgan fingerprint density at radius 1 is 1.39 bits per heavy atom. The summed E-state index contributed by atoms with van der Waals surface area (Å²) in [5.74, 6) is 0.766. The Morgan fingerprint density at radius 3 is 2.89 bits per heavy atom. The van der Waals surface area contributed by atoms with Gasteiger partial charge in [0.2, 0.25) is 0 Å². The molecule has 0 amide bonds. The Bertz CT molecular complexity index is 422. The molecule has 1 heterocycles. The molecule has 2 rings (SSSR count). The molecule has 100 valence electrons. The first kappa shape index (κ1) is 13.5. The monoisotopic (exact) mass is 279 g/mol. The summed E-state index contributed by atoms with van der Waals surface area (Å²) >= 11 is 5.85. The molecule has 0 fully saturated rings. The second-order valence-electron chi connectivity index (χ2n) is 4.27. The lowest BCUT2D eigenvalue weighted by Crippen LogP contribution is -2.32. The van der Waals surface area contributed by atoms with Crippen LogP contribution in [0.2, 0.25) is 5.02 Å². The van der Waals surface area contributed by atoms with Crippen LogP contribution < -0.4 is 10.1 Å². The summed E-state index contributed by atoms with van der Waals surface area (Å²) < 4.78 is 41.4. The van der Waals surface area contributed by atoms with Crippen LogP contribution in [-0.4, -0.2) is 25.4 Å². The van der Waals surface area contributed by atoms with E-state index in [-0.39, 0.29) is 12.6 Å². The number of ether oxygens (including phenoxy) is 1. The smallest absolute Gasteiger partial charge is 0.390 e. The number of nitrogens with one attached hydrogen (secondary N) is 1. The molecule has 1 aromatic carbocycles. The van der Waals surface area contributed by atoms with Gasteiger partial charge in [-0.2, -0.15) is 13.2 Å². The maximum absolute atomic E-state index is 11.9. The fraction of sp³-hybridized carbons (Fsp3) is 0.500. The van der Waals surface area contributed by atoms with Crippen molar-refractivity contribution in [1.29, 1.82) is 0 Å². The number of hydrogen-bond acceptors (Lipinski definition) is 2. The summed E-state index contributed by atoms with van der Waals surface area (Å²) in [6, 6.07) is 5.35. The second kappa shape index (κ2) is 5.36. The molecule has 0 saturated heterocycles. The van der Waals surface area contributed by atoms with E-state index in [1.165, 1.54) is 0 Å². The normalized spacial score (nSPS) is 18.6. The fourth-order valence-electron chi connectivity index (χ4n) is 1.90. The molecule has 1 aromatic rings. The molecule has 0 bridgehead atoms. The first-order chi connectivity index (χ1) is 8.44. The first-order valence-corrected chi connectivity index (χ1v) is 6.04. The van der Waals surface area contributed by atoms with Crippen LogP contribution in [0.4, 0.5) is 13.2 Å². The molecular weight excluding hydrogens is 267 g/mol.